The Labute approximate surface area is 94.2 Å². The van der Waals surface area contributed by atoms with Gasteiger partial charge in [-0.25, -0.2) is 0 Å². The Balaban J connectivity index is 4.18. The number of alkyl halides is 1. The lowest BCUT2D eigenvalue weighted by Gasteiger charge is -2.19. The highest BCUT2D eigenvalue weighted by molar-refractivity contribution is 9.09. The van der Waals surface area contributed by atoms with Crippen molar-refractivity contribution in [2.24, 2.45) is 0 Å². The first kappa shape index (κ1) is 13.4. The molecule has 0 saturated heterocycles. The first-order chi connectivity index (χ1) is 6.39. The van der Waals surface area contributed by atoms with E-state index in [0.29, 0.717) is 11.8 Å². The molecule has 14 heavy (non-hydrogen) atoms. The van der Waals surface area contributed by atoms with Crippen LogP contribution in [0.3, 0.4) is 0 Å². The number of carbonyl (C=O) groups is 1. The van der Waals surface area contributed by atoms with Gasteiger partial charge in [-0.1, -0.05) is 34.7 Å². The van der Waals surface area contributed by atoms with E-state index < -0.39 is 5.60 Å². The van der Waals surface area contributed by atoms with Gasteiger partial charge in [0.05, 0.1) is 6.42 Å². The van der Waals surface area contributed by atoms with Gasteiger partial charge in [0.1, 0.15) is 5.60 Å². The van der Waals surface area contributed by atoms with Gasteiger partial charge < -0.3 is 4.74 Å². The molecule has 0 aliphatic rings. The van der Waals surface area contributed by atoms with Gasteiger partial charge in [0.25, 0.3) is 0 Å². The molecule has 2 nitrogen and oxygen atoms in total. The Morgan fingerprint density at radius 1 is 1.50 bits per heavy atom. The second-order valence-electron chi connectivity index (χ2n) is 3.96. The standard InChI is InChI=1S/C11H17BrO2/c1-5-6-9(8-12)7-10(13)14-11(2,3)4/h5-6H,1,7-8H2,2-4H3/b9-6+. The Morgan fingerprint density at radius 3 is 2.43 bits per heavy atom. The van der Waals surface area contributed by atoms with Crippen LogP contribution in [0.4, 0.5) is 0 Å². The largest absolute Gasteiger partial charge is 0.460 e. The maximum Gasteiger partial charge on any atom is 0.310 e. The monoisotopic (exact) mass is 260 g/mol. The van der Waals surface area contributed by atoms with Crippen molar-refractivity contribution in [1.29, 1.82) is 0 Å². The van der Waals surface area contributed by atoms with Crippen molar-refractivity contribution < 1.29 is 9.53 Å². The van der Waals surface area contributed by atoms with E-state index in [2.05, 4.69) is 22.5 Å². The smallest absolute Gasteiger partial charge is 0.310 e. The van der Waals surface area contributed by atoms with Gasteiger partial charge in [0, 0.05) is 5.33 Å². The number of carbonyl (C=O) groups excluding carboxylic acids is 1. The first-order valence-electron chi connectivity index (χ1n) is 4.47. The third kappa shape index (κ3) is 6.89. The number of ether oxygens (including phenoxy) is 1. The average molecular weight is 261 g/mol. The highest BCUT2D eigenvalue weighted by atomic mass is 79.9. The molecular weight excluding hydrogens is 244 g/mol. The van der Waals surface area contributed by atoms with Crippen molar-refractivity contribution in [2.45, 2.75) is 32.8 Å². The molecule has 0 atom stereocenters. The van der Waals surface area contributed by atoms with E-state index in [4.69, 9.17) is 4.74 Å². The molecule has 0 aliphatic heterocycles. The van der Waals surface area contributed by atoms with Gasteiger partial charge in [0.2, 0.25) is 0 Å². The van der Waals surface area contributed by atoms with E-state index in [-0.39, 0.29) is 5.97 Å². The lowest BCUT2D eigenvalue weighted by molar-refractivity contribution is -0.153. The zero-order valence-corrected chi connectivity index (χ0v) is 10.6. The average Bonchev–Trinajstić information content (AvgIpc) is 2.00. The van der Waals surface area contributed by atoms with Crippen LogP contribution in [-0.4, -0.2) is 16.9 Å². The summed E-state index contributed by atoms with van der Waals surface area (Å²) in [6.45, 7) is 9.15. The molecule has 0 aromatic carbocycles. The molecule has 0 saturated carbocycles. The summed E-state index contributed by atoms with van der Waals surface area (Å²) < 4.78 is 5.18. The quantitative estimate of drug-likeness (QED) is 0.441. The fourth-order valence-electron chi connectivity index (χ4n) is 0.880. The van der Waals surface area contributed by atoms with Crippen LogP contribution in [-0.2, 0) is 9.53 Å². The van der Waals surface area contributed by atoms with E-state index >= 15 is 0 Å². The number of rotatable bonds is 4. The summed E-state index contributed by atoms with van der Waals surface area (Å²) in [5, 5.41) is 0.665. The molecule has 0 aromatic rings. The molecule has 3 heteroatoms. The summed E-state index contributed by atoms with van der Waals surface area (Å²) >= 11 is 3.30. The molecule has 0 fully saturated rings. The molecule has 0 unspecified atom stereocenters. The molecule has 0 rings (SSSR count). The van der Waals surface area contributed by atoms with E-state index in [0.717, 1.165) is 5.57 Å². The minimum absolute atomic E-state index is 0.204. The fraction of sp³-hybridized carbons (Fsp3) is 0.545. The molecule has 80 valence electrons. The minimum Gasteiger partial charge on any atom is -0.460 e. The first-order valence-corrected chi connectivity index (χ1v) is 5.59. The fourth-order valence-corrected chi connectivity index (χ4v) is 1.27. The lowest BCUT2D eigenvalue weighted by atomic mass is 10.1. The summed E-state index contributed by atoms with van der Waals surface area (Å²) in [4.78, 5) is 11.4. The lowest BCUT2D eigenvalue weighted by Crippen LogP contribution is -2.24. The van der Waals surface area contributed by atoms with Gasteiger partial charge in [-0.2, -0.15) is 0 Å². The molecule has 0 spiro atoms. The summed E-state index contributed by atoms with van der Waals surface area (Å²) in [6.07, 6.45) is 3.80. The van der Waals surface area contributed by atoms with Crippen LogP contribution in [0.1, 0.15) is 27.2 Å². The van der Waals surface area contributed by atoms with E-state index in [1.807, 2.05) is 26.8 Å². The van der Waals surface area contributed by atoms with Crippen LogP contribution in [0.25, 0.3) is 0 Å². The molecule has 0 heterocycles. The summed E-state index contributed by atoms with van der Waals surface area (Å²) in [6, 6.07) is 0. The van der Waals surface area contributed by atoms with E-state index in [1.54, 1.807) is 6.08 Å². The van der Waals surface area contributed by atoms with E-state index in [9.17, 15) is 4.79 Å². The van der Waals surface area contributed by atoms with Gasteiger partial charge in [-0.3, -0.25) is 4.79 Å². The SMILES string of the molecule is C=C/C=C(/CBr)CC(=O)OC(C)(C)C. The van der Waals surface area contributed by atoms with Crippen molar-refractivity contribution in [3.8, 4) is 0 Å². The third-order valence-electron chi connectivity index (χ3n) is 1.32. The highest BCUT2D eigenvalue weighted by Crippen LogP contribution is 2.12. The zero-order chi connectivity index (χ0) is 11.2. The third-order valence-corrected chi connectivity index (χ3v) is 2.04. The number of allylic oxidation sites excluding steroid dienone is 2. The Morgan fingerprint density at radius 2 is 2.07 bits per heavy atom. The number of halogens is 1. The summed E-state index contributed by atoms with van der Waals surface area (Å²) in [5.74, 6) is -0.204. The van der Waals surface area contributed by atoms with Crippen LogP contribution in [0.5, 0.6) is 0 Å². The predicted octanol–water partition coefficient (Wildman–Crippen LogP) is 3.23. The second kappa shape index (κ2) is 6.02. The maximum absolute atomic E-state index is 11.4. The van der Waals surface area contributed by atoms with Crippen LogP contribution >= 0.6 is 15.9 Å². The zero-order valence-electron chi connectivity index (χ0n) is 8.97. The molecule has 0 N–H and O–H groups in total. The van der Waals surface area contributed by atoms with Crippen molar-refractivity contribution in [1.82, 2.24) is 0 Å². The Hall–Kier alpha value is -0.570. The van der Waals surface area contributed by atoms with Crippen LogP contribution < -0.4 is 0 Å². The topological polar surface area (TPSA) is 26.3 Å². The van der Waals surface area contributed by atoms with Crippen molar-refractivity contribution in [2.75, 3.05) is 5.33 Å². The molecule has 0 aliphatic carbocycles. The number of hydrogen-bond acceptors (Lipinski definition) is 2. The Kier molecular flexibility index (Phi) is 5.77. The van der Waals surface area contributed by atoms with Crippen LogP contribution in [0.15, 0.2) is 24.3 Å². The number of hydrogen-bond donors (Lipinski definition) is 0. The highest BCUT2D eigenvalue weighted by Gasteiger charge is 2.16. The number of esters is 1. The van der Waals surface area contributed by atoms with Crippen molar-refractivity contribution >= 4 is 21.9 Å². The van der Waals surface area contributed by atoms with Gasteiger partial charge in [-0.15, -0.1) is 0 Å². The molecule has 0 radical (unpaired) electrons. The normalized spacial score (nSPS) is 12.4. The molecule has 0 aromatic heterocycles. The van der Waals surface area contributed by atoms with Crippen LogP contribution in [0, 0.1) is 0 Å². The van der Waals surface area contributed by atoms with Crippen molar-refractivity contribution in [3.05, 3.63) is 24.3 Å². The molecule has 0 bridgehead atoms. The minimum atomic E-state index is -0.414. The van der Waals surface area contributed by atoms with Gasteiger partial charge in [0.15, 0.2) is 0 Å². The Bertz CT molecular complexity index is 236. The van der Waals surface area contributed by atoms with Gasteiger partial charge in [-0.05, 0) is 26.3 Å². The van der Waals surface area contributed by atoms with Crippen molar-refractivity contribution in [3.63, 3.8) is 0 Å². The summed E-state index contributed by atoms with van der Waals surface area (Å²) in [7, 11) is 0. The maximum atomic E-state index is 11.4. The van der Waals surface area contributed by atoms with Crippen LogP contribution in [0.2, 0.25) is 0 Å². The van der Waals surface area contributed by atoms with Gasteiger partial charge >= 0.3 is 5.97 Å². The van der Waals surface area contributed by atoms with E-state index in [1.165, 1.54) is 0 Å². The summed E-state index contributed by atoms with van der Waals surface area (Å²) in [5.41, 5.74) is 0.553. The predicted molar refractivity (Wildman–Crippen MR) is 62.5 cm³/mol. The second-order valence-corrected chi connectivity index (χ2v) is 4.52. The molecule has 0 amide bonds. The molecular formula is C11H17BrO2.